The first kappa shape index (κ1) is 10.4. The fraction of sp³-hybridized carbons (Fsp3) is 0.875. The van der Waals surface area contributed by atoms with Crippen LogP contribution in [0.4, 0.5) is 0 Å². The maximum atomic E-state index is 10.9. The van der Waals surface area contributed by atoms with Crippen LogP contribution in [0.25, 0.3) is 0 Å². The van der Waals surface area contributed by atoms with Crippen LogP contribution in [0.5, 0.6) is 0 Å². The van der Waals surface area contributed by atoms with Gasteiger partial charge in [0.25, 0.3) is 0 Å². The minimum Gasteiger partial charge on any atom is -0.326 e. The standard InChI is InChI=1S/C8H18N4O/c1-2-3-4-5-9-8-11-7(13)6-10-12-8/h8-10,12H,2-6H2,1H3,(H,11,13). The van der Waals surface area contributed by atoms with E-state index in [1.165, 1.54) is 12.8 Å². The zero-order chi connectivity index (χ0) is 9.52. The Morgan fingerprint density at radius 1 is 1.54 bits per heavy atom. The highest BCUT2D eigenvalue weighted by molar-refractivity contribution is 5.78. The lowest BCUT2D eigenvalue weighted by Crippen LogP contribution is -2.65. The number of hydrazine groups is 1. The monoisotopic (exact) mass is 186 g/mol. The molecule has 0 aromatic rings. The second kappa shape index (κ2) is 5.90. The molecule has 0 radical (unpaired) electrons. The summed E-state index contributed by atoms with van der Waals surface area (Å²) in [6.07, 6.45) is 3.45. The van der Waals surface area contributed by atoms with Gasteiger partial charge < -0.3 is 5.32 Å². The second-order valence-electron chi connectivity index (χ2n) is 3.16. The second-order valence-corrected chi connectivity index (χ2v) is 3.16. The fourth-order valence-corrected chi connectivity index (χ4v) is 1.20. The molecule has 1 fully saturated rings. The molecule has 1 rings (SSSR count). The molecule has 1 unspecified atom stereocenters. The fourth-order valence-electron chi connectivity index (χ4n) is 1.20. The van der Waals surface area contributed by atoms with Crippen molar-refractivity contribution in [1.29, 1.82) is 0 Å². The molecule has 1 aliphatic rings. The molecular formula is C8H18N4O. The number of unbranched alkanes of at least 4 members (excludes halogenated alkanes) is 2. The van der Waals surface area contributed by atoms with Gasteiger partial charge in [-0.3, -0.25) is 10.1 Å². The van der Waals surface area contributed by atoms with Crippen LogP contribution in [-0.2, 0) is 4.79 Å². The van der Waals surface area contributed by atoms with Gasteiger partial charge in [-0.1, -0.05) is 19.8 Å². The summed E-state index contributed by atoms with van der Waals surface area (Å²) in [6.45, 7) is 3.43. The van der Waals surface area contributed by atoms with E-state index in [1.807, 2.05) is 0 Å². The SMILES string of the molecule is CCCCCNC1NNCC(=O)N1. The molecule has 1 heterocycles. The van der Waals surface area contributed by atoms with E-state index in [0.717, 1.165) is 13.0 Å². The van der Waals surface area contributed by atoms with E-state index in [2.05, 4.69) is 28.4 Å². The molecule has 1 atom stereocenters. The van der Waals surface area contributed by atoms with Crippen LogP contribution in [0, 0.1) is 0 Å². The Kier molecular flexibility index (Phi) is 4.74. The molecule has 0 saturated carbocycles. The highest BCUT2D eigenvalue weighted by Crippen LogP contribution is 1.91. The van der Waals surface area contributed by atoms with Gasteiger partial charge >= 0.3 is 0 Å². The molecule has 13 heavy (non-hydrogen) atoms. The lowest BCUT2D eigenvalue weighted by atomic mass is 10.2. The van der Waals surface area contributed by atoms with Crippen molar-refractivity contribution in [2.75, 3.05) is 13.1 Å². The maximum absolute atomic E-state index is 10.9. The van der Waals surface area contributed by atoms with Crippen molar-refractivity contribution >= 4 is 5.91 Å². The summed E-state index contributed by atoms with van der Waals surface area (Å²) in [7, 11) is 0. The number of carbonyl (C=O) groups excluding carboxylic acids is 1. The molecule has 0 aromatic heterocycles. The Morgan fingerprint density at radius 3 is 3.08 bits per heavy atom. The Hall–Kier alpha value is -0.650. The molecule has 1 amide bonds. The van der Waals surface area contributed by atoms with E-state index in [-0.39, 0.29) is 12.2 Å². The van der Waals surface area contributed by atoms with E-state index in [4.69, 9.17) is 0 Å². The summed E-state index contributed by atoms with van der Waals surface area (Å²) in [6, 6.07) is 0. The molecule has 5 heteroatoms. The summed E-state index contributed by atoms with van der Waals surface area (Å²) in [5.74, 6) is 0.0201. The Morgan fingerprint density at radius 2 is 2.38 bits per heavy atom. The average Bonchev–Trinajstić information content (AvgIpc) is 2.13. The highest BCUT2D eigenvalue weighted by Gasteiger charge is 2.14. The third kappa shape index (κ3) is 4.21. The highest BCUT2D eigenvalue weighted by atomic mass is 16.2. The van der Waals surface area contributed by atoms with Crippen molar-refractivity contribution in [3.8, 4) is 0 Å². The van der Waals surface area contributed by atoms with Gasteiger partial charge in [0, 0.05) is 0 Å². The molecule has 4 N–H and O–H groups in total. The van der Waals surface area contributed by atoms with Gasteiger partial charge in [0.1, 0.15) is 6.29 Å². The predicted molar refractivity (Wildman–Crippen MR) is 50.6 cm³/mol. The van der Waals surface area contributed by atoms with Crippen LogP contribution in [0.2, 0.25) is 0 Å². The molecule has 1 aliphatic heterocycles. The Bertz CT molecular complexity index is 162. The first-order chi connectivity index (χ1) is 6.33. The molecule has 0 bridgehead atoms. The van der Waals surface area contributed by atoms with Crippen LogP contribution in [-0.4, -0.2) is 25.3 Å². The van der Waals surface area contributed by atoms with Gasteiger partial charge in [-0.15, -0.1) is 0 Å². The van der Waals surface area contributed by atoms with E-state index in [0.29, 0.717) is 6.54 Å². The minimum absolute atomic E-state index is 0.0201. The van der Waals surface area contributed by atoms with Crippen molar-refractivity contribution in [3.63, 3.8) is 0 Å². The summed E-state index contributed by atoms with van der Waals surface area (Å²) >= 11 is 0. The molecule has 5 nitrogen and oxygen atoms in total. The number of hydrogen-bond acceptors (Lipinski definition) is 4. The number of amides is 1. The van der Waals surface area contributed by atoms with Gasteiger partial charge in [-0.05, 0) is 13.0 Å². The molecule has 0 spiro atoms. The van der Waals surface area contributed by atoms with Crippen molar-refractivity contribution in [2.45, 2.75) is 32.5 Å². The topological polar surface area (TPSA) is 65.2 Å². The van der Waals surface area contributed by atoms with Crippen molar-refractivity contribution in [1.82, 2.24) is 21.5 Å². The number of rotatable bonds is 5. The smallest absolute Gasteiger partial charge is 0.237 e. The Balaban J connectivity index is 2.03. The summed E-state index contributed by atoms with van der Waals surface area (Å²) in [4.78, 5) is 10.9. The number of carbonyl (C=O) groups is 1. The summed E-state index contributed by atoms with van der Waals surface area (Å²) in [5, 5.41) is 5.95. The first-order valence-corrected chi connectivity index (χ1v) is 4.84. The summed E-state index contributed by atoms with van der Waals surface area (Å²) < 4.78 is 0. The van der Waals surface area contributed by atoms with Crippen molar-refractivity contribution in [2.24, 2.45) is 0 Å². The number of hydrogen-bond donors (Lipinski definition) is 4. The molecule has 76 valence electrons. The lowest BCUT2D eigenvalue weighted by Gasteiger charge is -2.26. The number of nitrogens with one attached hydrogen (secondary N) is 4. The lowest BCUT2D eigenvalue weighted by molar-refractivity contribution is -0.123. The molecule has 0 aliphatic carbocycles. The van der Waals surface area contributed by atoms with E-state index in [1.54, 1.807) is 0 Å². The largest absolute Gasteiger partial charge is 0.326 e. The Labute approximate surface area is 78.6 Å². The molecule has 1 saturated heterocycles. The van der Waals surface area contributed by atoms with Crippen LogP contribution in [0.3, 0.4) is 0 Å². The quantitative estimate of drug-likeness (QED) is 0.428. The van der Waals surface area contributed by atoms with Gasteiger partial charge in [0.15, 0.2) is 0 Å². The van der Waals surface area contributed by atoms with E-state index < -0.39 is 0 Å². The van der Waals surface area contributed by atoms with Crippen molar-refractivity contribution < 1.29 is 4.79 Å². The van der Waals surface area contributed by atoms with E-state index >= 15 is 0 Å². The van der Waals surface area contributed by atoms with Gasteiger partial charge in [0.05, 0.1) is 6.54 Å². The van der Waals surface area contributed by atoms with Gasteiger partial charge in [0.2, 0.25) is 5.91 Å². The normalized spacial score (nSPS) is 22.8. The summed E-state index contributed by atoms with van der Waals surface area (Å²) in [5.41, 5.74) is 5.73. The third-order valence-electron chi connectivity index (χ3n) is 1.93. The molecule has 0 aromatic carbocycles. The van der Waals surface area contributed by atoms with E-state index in [9.17, 15) is 4.79 Å². The van der Waals surface area contributed by atoms with Gasteiger partial charge in [-0.2, -0.15) is 0 Å². The van der Waals surface area contributed by atoms with Crippen LogP contribution in [0.1, 0.15) is 26.2 Å². The minimum atomic E-state index is -0.127. The average molecular weight is 186 g/mol. The zero-order valence-electron chi connectivity index (χ0n) is 8.02. The van der Waals surface area contributed by atoms with Crippen LogP contribution < -0.4 is 21.5 Å². The predicted octanol–water partition coefficient (Wildman–Crippen LogP) is -0.726. The van der Waals surface area contributed by atoms with Crippen LogP contribution in [0.15, 0.2) is 0 Å². The zero-order valence-corrected chi connectivity index (χ0v) is 8.02. The molecular weight excluding hydrogens is 168 g/mol. The first-order valence-electron chi connectivity index (χ1n) is 4.84. The van der Waals surface area contributed by atoms with Gasteiger partial charge in [-0.25, -0.2) is 10.9 Å². The third-order valence-corrected chi connectivity index (χ3v) is 1.93. The van der Waals surface area contributed by atoms with Crippen LogP contribution >= 0.6 is 0 Å². The maximum Gasteiger partial charge on any atom is 0.237 e. The van der Waals surface area contributed by atoms with Crippen molar-refractivity contribution in [3.05, 3.63) is 0 Å².